The fourth-order valence-corrected chi connectivity index (χ4v) is 3.13. The number of anilines is 1. The van der Waals surface area contributed by atoms with Crippen LogP contribution in [-0.4, -0.2) is 23.1 Å². The van der Waals surface area contributed by atoms with E-state index >= 15 is 0 Å². The summed E-state index contributed by atoms with van der Waals surface area (Å²) in [5, 5.41) is 3.51. The van der Waals surface area contributed by atoms with Gasteiger partial charge in [0.25, 0.3) is 0 Å². The Morgan fingerprint density at radius 3 is 2.71 bits per heavy atom. The predicted molar refractivity (Wildman–Crippen MR) is 84.5 cm³/mol. The van der Waals surface area contributed by atoms with Gasteiger partial charge in [-0.15, -0.1) is 0 Å². The zero-order valence-corrected chi connectivity index (χ0v) is 13.3. The molecule has 1 unspecified atom stereocenters. The molecule has 1 saturated carbocycles. The smallest absolute Gasteiger partial charge is 0.160 e. The summed E-state index contributed by atoms with van der Waals surface area (Å²) in [5.74, 6) is 2.62. The second-order valence-corrected chi connectivity index (χ2v) is 6.20. The van der Waals surface area contributed by atoms with E-state index in [2.05, 4.69) is 19.2 Å². The Labute approximate surface area is 127 Å². The molecule has 1 aromatic heterocycles. The van der Waals surface area contributed by atoms with Crippen molar-refractivity contribution in [2.45, 2.75) is 64.9 Å². The minimum Gasteiger partial charge on any atom is -0.370 e. The lowest BCUT2D eigenvalue weighted by molar-refractivity contribution is 0.0399. The van der Waals surface area contributed by atoms with Gasteiger partial charge >= 0.3 is 0 Å². The molecule has 1 N–H and O–H groups in total. The van der Waals surface area contributed by atoms with Crippen molar-refractivity contribution in [2.75, 3.05) is 18.5 Å². The molecule has 1 atom stereocenters. The van der Waals surface area contributed by atoms with E-state index < -0.39 is 0 Å². The predicted octanol–water partition coefficient (Wildman–Crippen LogP) is 3.66. The lowest BCUT2D eigenvalue weighted by Gasteiger charge is -2.22. The van der Waals surface area contributed by atoms with Crippen molar-refractivity contribution >= 4 is 5.82 Å². The van der Waals surface area contributed by atoms with Crippen molar-refractivity contribution in [3.8, 4) is 0 Å². The van der Waals surface area contributed by atoms with Gasteiger partial charge in [-0.3, -0.25) is 0 Å². The minimum absolute atomic E-state index is 0.101. The van der Waals surface area contributed by atoms with Crippen LogP contribution in [0.5, 0.6) is 0 Å². The number of hydrogen-bond acceptors (Lipinski definition) is 4. The van der Waals surface area contributed by atoms with E-state index in [1.165, 1.54) is 36.9 Å². The lowest BCUT2D eigenvalue weighted by Crippen LogP contribution is -2.19. The van der Waals surface area contributed by atoms with Crippen LogP contribution in [0, 0.1) is 5.92 Å². The van der Waals surface area contributed by atoms with Crippen LogP contribution in [0.4, 0.5) is 5.82 Å². The van der Waals surface area contributed by atoms with Crippen molar-refractivity contribution in [1.82, 2.24) is 9.97 Å². The summed E-state index contributed by atoms with van der Waals surface area (Å²) in [6.45, 7) is 5.96. The summed E-state index contributed by atoms with van der Waals surface area (Å²) in [4.78, 5) is 9.74. The van der Waals surface area contributed by atoms with Crippen LogP contribution < -0.4 is 5.32 Å². The molecule has 3 rings (SSSR count). The summed E-state index contributed by atoms with van der Waals surface area (Å²) in [5.41, 5.74) is 2.61. The summed E-state index contributed by atoms with van der Waals surface area (Å²) in [6.07, 6.45) is 8.44. The third kappa shape index (κ3) is 3.37. The summed E-state index contributed by atoms with van der Waals surface area (Å²) in [6, 6.07) is 0. The molecule has 4 heteroatoms. The Balaban J connectivity index is 1.92. The Morgan fingerprint density at radius 2 is 2.00 bits per heavy atom. The van der Waals surface area contributed by atoms with Gasteiger partial charge in [-0.05, 0) is 57.8 Å². The molecule has 0 bridgehead atoms. The fraction of sp³-hybridized carbons (Fsp3) is 0.765. The van der Waals surface area contributed by atoms with Gasteiger partial charge in [0, 0.05) is 24.4 Å². The monoisotopic (exact) mass is 289 g/mol. The maximum absolute atomic E-state index is 5.95. The van der Waals surface area contributed by atoms with Crippen LogP contribution in [0.25, 0.3) is 0 Å². The maximum Gasteiger partial charge on any atom is 0.160 e. The Hall–Kier alpha value is -1.16. The number of ether oxygens (including phenoxy) is 1. The molecule has 0 radical (unpaired) electrons. The van der Waals surface area contributed by atoms with E-state index in [0.717, 1.165) is 44.1 Å². The molecule has 0 aromatic carbocycles. The number of fused-ring (bicyclic) bond motifs is 1. The van der Waals surface area contributed by atoms with Gasteiger partial charge in [0.15, 0.2) is 5.82 Å². The Bertz CT molecular complexity index is 485. The van der Waals surface area contributed by atoms with Crippen LogP contribution in [0.2, 0.25) is 0 Å². The zero-order valence-electron chi connectivity index (χ0n) is 13.3. The molecule has 0 spiro atoms. The maximum atomic E-state index is 5.95. The zero-order chi connectivity index (χ0) is 14.7. The van der Waals surface area contributed by atoms with Crippen molar-refractivity contribution in [3.05, 3.63) is 17.1 Å². The number of nitrogens with one attached hydrogen (secondary N) is 1. The highest BCUT2D eigenvalue weighted by atomic mass is 16.5. The summed E-state index contributed by atoms with van der Waals surface area (Å²) in [7, 11) is 0. The van der Waals surface area contributed by atoms with E-state index in [-0.39, 0.29) is 6.10 Å². The molecule has 2 aliphatic carbocycles. The molecular weight excluding hydrogens is 262 g/mol. The van der Waals surface area contributed by atoms with Gasteiger partial charge < -0.3 is 10.1 Å². The van der Waals surface area contributed by atoms with Gasteiger partial charge in [0.1, 0.15) is 11.9 Å². The van der Waals surface area contributed by atoms with Gasteiger partial charge in [0.05, 0.1) is 0 Å². The number of nitrogens with zero attached hydrogens (tertiary/aromatic N) is 2. The lowest BCUT2D eigenvalue weighted by atomic mass is 9.96. The number of aryl methyl sites for hydroxylation is 1. The fourth-order valence-electron chi connectivity index (χ4n) is 3.13. The van der Waals surface area contributed by atoms with Crippen molar-refractivity contribution in [1.29, 1.82) is 0 Å². The molecule has 0 aliphatic heterocycles. The molecule has 1 aromatic rings. The molecular formula is C17H27N3O. The van der Waals surface area contributed by atoms with E-state index in [9.17, 15) is 0 Å². The van der Waals surface area contributed by atoms with Crippen LogP contribution in [0.15, 0.2) is 0 Å². The second kappa shape index (κ2) is 6.73. The van der Waals surface area contributed by atoms with E-state index in [1.54, 1.807) is 0 Å². The third-order valence-corrected chi connectivity index (χ3v) is 4.39. The van der Waals surface area contributed by atoms with Crippen LogP contribution in [-0.2, 0) is 17.6 Å². The standard InChI is InChI=1S/C17H27N3O/c1-3-11-18-16-13-7-5-6-8-14(13)19-17(20-16)15(21-4-2)12-9-10-12/h12,15H,3-11H2,1-2H3,(H,18,19,20). The number of hydrogen-bond donors (Lipinski definition) is 1. The van der Waals surface area contributed by atoms with Crippen molar-refractivity contribution < 1.29 is 4.74 Å². The molecule has 1 fully saturated rings. The van der Waals surface area contributed by atoms with Crippen LogP contribution in [0.3, 0.4) is 0 Å². The topological polar surface area (TPSA) is 47.0 Å². The normalized spacial score (nSPS) is 19.1. The second-order valence-electron chi connectivity index (χ2n) is 6.20. The van der Waals surface area contributed by atoms with Gasteiger partial charge in [-0.25, -0.2) is 9.97 Å². The summed E-state index contributed by atoms with van der Waals surface area (Å²) < 4.78 is 5.95. The third-order valence-electron chi connectivity index (χ3n) is 4.39. The van der Waals surface area contributed by atoms with Crippen LogP contribution in [0.1, 0.15) is 69.1 Å². The van der Waals surface area contributed by atoms with E-state index in [1.807, 2.05) is 0 Å². The average molecular weight is 289 g/mol. The molecule has 4 nitrogen and oxygen atoms in total. The van der Waals surface area contributed by atoms with Crippen molar-refractivity contribution in [2.24, 2.45) is 5.92 Å². The summed E-state index contributed by atoms with van der Waals surface area (Å²) >= 11 is 0. The Morgan fingerprint density at radius 1 is 1.19 bits per heavy atom. The molecule has 116 valence electrons. The molecule has 2 aliphatic rings. The highest BCUT2D eigenvalue weighted by Gasteiger charge is 2.35. The van der Waals surface area contributed by atoms with Gasteiger partial charge in [-0.1, -0.05) is 6.92 Å². The first-order valence-electron chi connectivity index (χ1n) is 8.58. The van der Waals surface area contributed by atoms with E-state index in [4.69, 9.17) is 14.7 Å². The van der Waals surface area contributed by atoms with Crippen LogP contribution >= 0.6 is 0 Å². The highest BCUT2D eigenvalue weighted by Crippen LogP contribution is 2.43. The first kappa shape index (κ1) is 14.8. The SMILES string of the molecule is CCCNc1nc(C(OCC)C2CC2)nc2c1CCCC2. The molecule has 0 amide bonds. The Kier molecular flexibility index (Phi) is 4.73. The molecule has 21 heavy (non-hydrogen) atoms. The quantitative estimate of drug-likeness (QED) is 0.832. The number of aromatic nitrogens is 2. The van der Waals surface area contributed by atoms with Crippen molar-refractivity contribution in [3.63, 3.8) is 0 Å². The minimum atomic E-state index is 0.101. The average Bonchev–Trinajstić information content (AvgIpc) is 3.34. The largest absolute Gasteiger partial charge is 0.370 e. The highest BCUT2D eigenvalue weighted by molar-refractivity contribution is 5.48. The molecule has 1 heterocycles. The van der Waals surface area contributed by atoms with E-state index in [0.29, 0.717) is 5.92 Å². The number of rotatable bonds is 7. The first-order valence-corrected chi connectivity index (χ1v) is 8.58. The van der Waals surface area contributed by atoms with Gasteiger partial charge in [0.2, 0.25) is 0 Å². The van der Waals surface area contributed by atoms with Gasteiger partial charge in [-0.2, -0.15) is 0 Å². The molecule has 0 saturated heterocycles. The first-order chi connectivity index (χ1) is 10.3.